The zero-order chi connectivity index (χ0) is 17.4. The molecule has 0 radical (unpaired) electrons. The number of hydrogen-bond donors (Lipinski definition) is 1. The summed E-state index contributed by atoms with van der Waals surface area (Å²) in [5, 5.41) is 10.3. The van der Waals surface area contributed by atoms with E-state index in [0.717, 1.165) is 38.3 Å². The molecule has 1 aromatic carbocycles. The molecule has 2 atom stereocenters. The lowest BCUT2D eigenvalue weighted by molar-refractivity contribution is -0.0172. The second kappa shape index (κ2) is 9.99. The summed E-state index contributed by atoms with van der Waals surface area (Å²) in [7, 11) is 1.68. The van der Waals surface area contributed by atoms with Crippen LogP contribution in [0.1, 0.15) is 32.3 Å². The molecule has 1 heterocycles. The topological polar surface area (TPSA) is 51.2 Å². The number of hydrogen-bond acceptors (Lipinski definition) is 5. The number of ether oxygens (including phenoxy) is 3. The molecule has 24 heavy (non-hydrogen) atoms. The van der Waals surface area contributed by atoms with E-state index in [1.807, 2.05) is 32.0 Å². The van der Waals surface area contributed by atoms with E-state index in [4.69, 9.17) is 14.2 Å². The zero-order valence-corrected chi connectivity index (χ0v) is 15.1. The van der Waals surface area contributed by atoms with E-state index in [0.29, 0.717) is 13.2 Å². The van der Waals surface area contributed by atoms with Crippen LogP contribution in [0.3, 0.4) is 0 Å². The molecule has 5 nitrogen and oxygen atoms in total. The predicted octanol–water partition coefficient (Wildman–Crippen LogP) is 2.46. The Hall–Kier alpha value is -1.14. The van der Waals surface area contributed by atoms with Crippen molar-refractivity contribution in [3.05, 3.63) is 29.8 Å². The molecule has 0 bridgehead atoms. The van der Waals surface area contributed by atoms with Crippen molar-refractivity contribution < 1.29 is 19.3 Å². The van der Waals surface area contributed by atoms with Gasteiger partial charge in [-0.1, -0.05) is 12.1 Å². The quantitative estimate of drug-likeness (QED) is 0.711. The van der Waals surface area contributed by atoms with Gasteiger partial charge in [-0.15, -0.1) is 0 Å². The Balaban J connectivity index is 1.95. The smallest absolute Gasteiger partial charge is 0.119 e. The van der Waals surface area contributed by atoms with Gasteiger partial charge in [0.25, 0.3) is 0 Å². The SMILES string of the molecule is COc1cccc(CN(CC(O)COC(C)C)CC2CCCO2)c1. The van der Waals surface area contributed by atoms with Gasteiger partial charge >= 0.3 is 0 Å². The van der Waals surface area contributed by atoms with Crippen LogP contribution >= 0.6 is 0 Å². The third-order valence-electron chi connectivity index (χ3n) is 4.12. The molecule has 0 spiro atoms. The monoisotopic (exact) mass is 337 g/mol. The summed E-state index contributed by atoms with van der Waals surface area (Å²) < 4.78 is 16.6. The number of rotatable bonds is 10. The van der Waals surface area contributed by atoms with Crippen LogP contribution in [0.4, 0.5) is 0 Å². The molecule has 1 aliphatic heterocycles. The van der Waals surface area contributed by atoms with Gasteiger partial charge in [0.1, 0.15) is 5.75 Å². The molecule has 136 valence electrons. The van der Waals surface area contributed by atoms with Crippen LogP contribution in [0, 0.1) is 0 Å². The van der Waals surface area contributed by atoms with Gasteiger partial charge in [0.15, 0.2) is 0 Å². The number of benzene rings is 1. The molecule has 1 aliphatic rings. The fourth-order valence-corrected chi connectivity index (χ4v) is 2.96. The number of aliphatic hydroxyl groups is 1. The number of aliphatic hydroxyl groups excluding tert-OH is 1. The second-order valence-corrected chi connectivity index (χ2v) is 6.72. The minimum absolute atomic E-state index is 0.129. The summed E-state index contributed by atoms with van der Waals surface area (Å²) in [6.45, 7) is 7.32. The highest BCUT2D eigenvalue weighted by molar-refractivity contribution is 5.28. The van der Waals surface area contributed by atoms with Gasteiger partial charge in [0, 0.05) is 26.2 Å². The first-order valence-corrected chi connectivity index (χ1v) is 8.83. The molecule has 0 saturated carbocycles. The van der Waals surface area contributed by atoms with Crippen molar-refractivity contribution in [3.63, 3.8) is 0 Å². The highest BCUT2D eigenvalue weighted by atomic mass is 16.5. The first-order valence-electron chi connectivity index (χ1n) is 8.83. The summed E-state index contributed by atoms with van der Waals surface area (Å²) in [5.41, 5.74) is 1.17. The molecule has 2 rings (SSSR count). The van der Waals surface area contributed by atoms with E-state index in [1.54, 1.807) is 7.11 Å². The molecule has 5 heteroatoms. The normalized spacial score (nSPS) is 19.2. The molecule has 0 aliphatic carbocycles. The number of nitrogens with zero attached hydrogens (tertiary/aromatic N) is 1. The summed E-state index contributed by atoms with van der Waals surface area (Å²) in [6.07, 6.45) is 2.10. The van der Waals surface area contributed by atoms with Crippen LogP contribution < -0.4 is 4.74 Å². The highest BCUT2D eigenvalue weighted by Crippen LogP contribution is 2.18. The Kier molecular flexibility index (Phi) is 7.99. The molecular formula is C19H31NO4. The van der Waals surface area contributed by atoms with Gasteiger partial charge in [-0.3, -0.25) is 4.90 Å². The van der Waals surface area contributed by atoms with Crippen LogP contribution in [0.2, 0.25) is 0 Å². The second-order valence-electron chi connectivity index (χ2n) is 6.72. The first-order chi connectivity index (χ1) is 11.6. The van der Waals surface area contributed by atoms with Crippen LogP contribution in [0.5, 0.6) is 5.75 Å². The molecule has 0 amide bonds. The highest BCUT2D eigenvalue weighted by Gasteiger charge is 2.21. The van der Waals surface area contributed by atoms with Gasteiger partial charge in [-0.25, -0.2) is 0 Å². The Morgan fingerprint density at radius 1 is 1.38 bits per heavy atom. The third kappa shape index (κ3) is 6.77. The summed E-state index contributed by atoms with van der Waals surface area (Å²) in [5.74, 6) is 0.855. The summed E-state index contributed by atoms with van der Waals surface area (Å²) in [4.78, 5) is 2.25. The largest absolute Gasteiger partial charge is 0.497 e. The van der Waals surface area contributed by atoms with Gasteiger partial charge in [0.05, 0.1) is 32.0 Å². The molecule has 1 aromatic rings. The molecule has 1 N–H and O–H groups in total. The van der Waals surface area contributed by atoms with E-state index >= 15 is 0 Å². The van der Waals surface area contributed by atoms with Gasteiger partial charge in [-0.2, -0.15) is 0 Å². The first kappa shape index (κ1) is 19.2. The van der Waals surface area contributed by atoms with Crippen LogP contribution in [-0.2, 0) is 16.0 Å². The van der Waals surface area contributed by atoms with Crippen molar-refractivity contribution >= 4 is 0 Å². The number of methoxy groups -OCH3 is 1. The maximum absolute atomic E-state index is 10.3. The van der Waals surface area contributed by atoms with E-state index in [2.05, 4.69) is 11.0 Å². The lowest BCUT2D eigenvalue weighted by Crippen LogP contribution is -2.39. The van der Waals surface area contributed by atoms with Crippen LogP contribution in [0.15, 0.2) is 24.3 Å². The Bertz CT molecular complexity index is 474. The van der Waals surface area contributed by atoms with E-state index in [1.165, 1.54) is 5.56 Å². The Morgan fingerprint density at radius 2 is 2.21 bits per heavy atom. The summed E-state index contributed by atoms with van der Waals surface area (Å²) in [6, 6.07) is 8.07. The van der Waals surface area contributed by atoms with Crippen molar-refractivity contribution in [2.75, 3.05) is 33.4 Å². The molecule has 2 unspecified atom stereocenters. The lowest BCUT2D eigenvalue weighted by Gasteiger charge is -2.28. The fraction of sp³-hybridized carbons (Fsp3) is 0.684. The zero-order valence-electron chi connectivity index (χ0n) is 15.1. The van der Waals surface area contributed by atoms with Crippen molar-refractivity contribution in [1.82, 2.24) is 4.90 Å². The maximum atomic E-state index is 10.3. The maximum Gasteiger partial charge on any atom is 0.119 e. The van der Waals surface area contributed by atoms with Crippen molar-refractivity contribution in [1.29, 1.82) is 0 Å². The fourth-order valence-electron chi connectivity index (χ4n) is 2.96. The van der Waals surface area contributed by atoms with Gasteiger partial charge < -0.3 is 19.3 Å². The van der Waals surface area contributed by atoms with Crippen LogP contribution in [0.25, 0.3) is 0 Å². The van der Waals surface area contributed by atoms with Gasteiger partial charge in [-0.05, 0) is 44.4 Å². The minimum Gasteiger partial charge on any atom is -0.497 e. The van der Waals surface area contributed by atoms with Crippen LogP contribution in [-0.4, -0.2) is 61.7 Å². The van der Waals surface area contributed by atoms with E-state index in [-0.39, 0.29) is 12.2 Å². The van der Waals surface area contributed by atoms with Crippen molar-refractivity contribution in [3.8, 4) is 5.75 Å². The van der Waals surface area contributed by atoms with Crippen molar-refractivity contribution in [2.24, 2.45) is 0 Å². The molecule has 0 aromatic heterocycles. The van der Waals surface area contributed by atoms with E-state index < -0.39 is 6.10 Å². The Morgan fingerprint density at radius 3 is 2.88 bits per heavy atom. The molecular weight excluding hydrogens is 306 g/mol. The average Bonchev–Trinajstić information content (AvgIpc) is 3.06. The molecule has 1 saturated heterocycles. The predicted molar refractivity (Wildman–Crippen MR) is 94.3 cm³/mol. The summed E-state index contributed by atoms with van der Waals surface area (Å²) >= 11 is 0. The Labute approximate surface area is 145 Å². The third-order valence-corrected chi connectivity index (χ3v) is 4.12. The average molecular weight is 337 g/mol. The minimum atomic E-state index is -0.501. The van der Waals surface area contributed by atoms with Crippen molar-refractivity contribution in [2.45, 2.75) is 51.5 Å². The van der Waals surface area contributed by atoms with Gasteiger partial charge in [0.2, 0.25) is 0 Å². The van der Waals surface area contributed by atoms with E-state index in [9.17, 15) is 5.11 Å². The lowest BCUT2D eigenvalue weighted by atomic mass is 10.1. The molecule has 1 fully saturated rings. The standard InChI is InChI=1S/C19H31NO4/c1-15(2)24-14-17(21)12-20(13-19-8-5-9-23-19)11-16-6-4-7-18(10-16)22-3/h4,6-7,10,15,17,19,21H,5,8-9,11-14H2,1-3H3.